The maximum absolute atomic E-state index is 12.0. The molecule has 0 aromatic carbocycles. The number of carbonyl (C=O) groups excluding carboxylic acids is 2. The quantitative estimate of drug-likeness (QED) is 0.769. The predicted octanol–water partition coefficient (Wildman–Crippen LogP) is 0.603. The molecule has 0 aromatic rings. The second-order valence-electron chi connectivity index (χ2n) is 6.07. The van der Waals surface area contributed by atoms with E-state index >= 15 is 0 Å². The number of hydrogen-bond donors (Lipinski definition) is 2. The fourth-order valence-electron chi connectivity index (χ4n) is 1.95. The standard InChI is InChI=1S/C14H24N2O6/c1-14(2,3)22-13(20)15-10(12(18)19)4-5-11(17)16-6-8-21-9-7-16/h10H,4-9H2,1-3H3,(H,15,20)(H,18,19)/t10-/m0/s1. The van der Waals surface area contributed by atoms with Crippen molar-refractivity contribution in [2.75, 3.05) is 26.3 Å². The number of nitrogens with one attached hydrogen (secondary N) is 1. The Morgan fingerprint density at radius 2 is 1.86 bits per heavy atom. The van der Waals surface area contributed by atoms with Gasteiger partial charge in [-0.25, -0.2) is 9.59 Å². The molecule has 0 bridgehead atoms. The van der Waals surface area contributed by atoms with Gasteiger partial charge in [0.05, 0.1) is 13.2 Å². The monoisotopic (exact) mass is 316 g/mol. The van der Waals surface area contributed by atoms with Crippen LogP contribution < -0.4 is 5.32 Å². The third kappa shape index (κ3) is 6.75. The van der Waals surface area contributed by atoms with Crippen LogP contribution in [-0.4, -0.2) is 65.9 Å². The second-order valence-corrected chi connectivity index (χ2v) is 6.07. The van der Waals surface area contributed by atoms with Gasteiger partial charge in [0.15, 0.2) is 0 Å². The van der Waals surface area contributed by atoms with E-state index in [1.54, 1.807) is 25.7 Å². The first-order valence-electron chi connectivity index (χ1n) is 7.27. The van der Waals surface area contributed by atoms with Crippen LogP contribution >= 0.6 is 0 Å². The molecule has 0 saturated carbocycles. The van der Waals surface area contributed by atoms with Crippen molar-refractivity contribution < 1.29 is 29.0 Å². The lowest BCUT2D eigenvalue weighted by molar-refractivity contribution is -0.140. The zero-order valence-electron chi connectivity index (χ0n) is 13.3. The third-order valence-corrected chi connectivity index (χ3v) is 3.00. The maximum atomic E-state index is 12.0. The van der Waals surface area contributed by atoms with Crippen LogP contribution in [0.3, 0.4) is 0 Å². The van der Waals surface area contributed by atoms with Gasteiger partial charge in [0, 0.05) is 19.5 Å². The zero-order chi connectivity index (χ0) is 16.8. The van der Waals surface area contributed by atoms with Crippen LogP contribution in [0.2, 0.25) is 0 Å². The fraction of sp³-hybridized carbons (Fsp3) is 0.786. The molecule has 1 rings (SSSR count). The lowest BCUT2D eigenvalue weighted by Gasteiger charge is -2.27. The SMILES string of the molecule is CC(C)(C)OC(=O)N[C@@H](CCC(=O)N1CCOCC1)C(=O)O. The predicted molar refractivity (Wildman–Crippen MR) is 77.4 cm³/mol. The molecule has 2 amide bonds. The molecule has 2 N–H and O–H groups in total. The molecular weight excluding hydrogens is 292 g/mol. The van der Waals surface area contributed by atoms with Crippen LogP contribution in [0.15, 0.2) is 0 Å². The highest BCUT2D eigenvalue weighted by molar-refractivity contribution is 5.81. The average molecular weight is 316 g/mol. The van der Waals surface area contributed by atoms with E-state index in [1.165, 1.54) is 0 Å². The summed E-state index contributed by atoms with van der Waals surface area (Å²) in [5.74, 6) is -1.33. The molecule has 0 unspecified atom stereocenters. The summed E-state index contributed by atoms with van der Waals surface area (Å²) in [6, 6.07) is -1.15. The van der Waals surface area contributed by atoms with E-state index in [0.29, 0.717) is 26.3 Å². The van der Waals surface area contributed by atoms with E-state index in [2.05, 4.69) is 5.32 Å². The Bertz CT molecular complexity index is 412. The first-order valence-corrected chi connectivity index (χ1v) is 7.27. The number of morpholine rings is 1. The molecule has 1 aliphatic heterocycles. The number of hydrogen-bond acceptors (Lipinski definition) is 5. The Balaban J connectivity index is 2.45. The van der Waals surface area contributed by atoms with Gasteiger partial charge in [-0.2, -0.15) is 0 Å². The van der Waals surface area contributed by atoms with E-state index in [4.69, 9.17) is 14.6 Å². The number of alkyl carbamates (subject to hydrolysis) is 1. The zero-order valence-corrected chi connectivity index (χ0v) is 13.3. The number of carbonyl (C=O) groups is 3. The molecule has 1 heterocycles. The number of nitrogens with zero attached hydrogens (tertiary/aromatic N) is 1. The summed E-state index contributed by atoms with van der Waals surface area (Å²) in [4.78, 5) is 36.4. The Hall–Kier alpha value is -1.83. The number of aliphatic carboxylic acids is 1. The minimum absolute atomic E-state index is 0.0186. The van der Waals surface area contributed by atoms with Crippen molar-refractivity contribution in [3.05, 3.63) is 0 Å². The maximum Gasteiger partial charge on any atom is 0.408 e. The second kappa shape index (κ2) is 7.98. The van der Waals surface area contributed by atoms with Crippen molar-refractivity contribution in [3.63, 3.8) is 0 Å². The lowest BCUT2D eigenvalue weighted by Crippen LogP contribution is -2.45. The third-order valence-electron chi connectivity index (χ3n) is 3.00. The molecule has 0 aromatic heterocycles. The van der Waals surface area contributed by atoms with Crippen LogP contribution in [-0.2, 0) is 19.1 Å². The minimum Gasteiger partial charge on any atom is -0.480 e. The van der Waals surface area contributed by atoms with E-state index in [-0.39, 0.29) is 18.7 Å². The smallest absolute Gasteiger partial charge is 0.408 e. The van der Waals surface area contributed by atoms with Gasteiger partial charge in [-0.05, 0) is 27.2 Å². The van der Waals surface area contributed by atoms with E-state index in [0.717, 1.165) is 0 Å². The molecule has 0 spiro atoms. The van der Waals surface area contributed by atoms with E-state index in [9.17, 15) is 14.4 Å². The molecule has 8 heteroatoms. The highest BCUT2D eigenvalue weighted by Crippen LogP contribution is 2.09. The molecular formula is C14H24N2O6. The average Bonchev–Trinajstić information content (AvgIpc) is 2.41. The first kappa shape index (κ1) is 18.2. The Kier molecular flexibility index (Phi) is 6.61. The first-order chi connectivity index (χ1) is 10.2. The molecule has 126 valence electrons. The van der Waals surface area contributed by atoms with Crippen molar-refractivity contribution in [1.82, 2.24) is 10.2 Å². The Labute approximate surface area is 129 Å². The summed E-state index contributed by atoms with van der Waals surface area (Å²) in [6.45, 7) is 7.06. The van der Waals surface area contributed by atoms with Crippen LogP contribution in [0.1, 0.15) is 33.6 Å². The van der Waals surface area contributed by atoms with Crippen molar-refractivity contribution in [2.45, 2.75) is 45.3 Å². The summed E-state index contributed by atoms with van der Waals surface area (Å²) >= 11 is 0. The van der Waals surface area contributed by atoms with Gasteiger partial charge >= 0.3 is 12.1 Å². The Morgan fingerprint density at radius 3 is 2.36 bits per heavy atom. The number of amides is 2. The highest BCUT2D eigenvalue weighted by Gasteiger charge is 2.26. The molecule has 1 aliphatic rings. The molecule has 1 fully saturated rings. The summed E-state index contributed by atoms with van der Waals surface area (Å²) < 4.78 is 10.2. The van der Waals surface area contributed by atoms with Gasteiger partial charge in [-0.15, -0.1) is 0 Å². The molecule has 1 atom stereocenters. The van der Waals surface area contributed by atoms with Gasteiger partial charge in [0.25, 0.3) is 0 Å². The van der Waals surface area contributed by atoms with Crippen molar-refractivity contribution in [2.24, 2.45) is 0 Å². The summed E-state index contributed by atoms with van der Waals surface area (Å²) in [6.07, 6.45) is -0.740. The minimum atomic E-state index is -1.19. The van der Waals surface area contributed by atoms with Gasteiger partial charge in [0.1, 0.15) is 11.6 Å². The fourth-order valence-corrected chi connectivity index (χ4v) is 1.95. The van der Waals surface area contributed by atoms with Crippen LogP contribution in [0.4, 0.5) is 4.79 Å². The summed E-state index contributed by atoms with van der Waals surface area (Å²) in [7, 11) is 0. The normalized spacial score (nSPS) is 16.8. The van der Waals surface area contributed by atoms with E-state index in [1.807, 2.05) is 0 Å². The molecule has 22 heavy (non-hydrogen) atoms. The molecule has 0 aliphatic carbocycles. The van der Waals surface area contributed by atoms with Crippen LogP contribution in [0, 0.1) is 0 Å². The van der Waals surface area contributed by atoms with Crippen LogP contribution in [0.25, 0.3) is 0 Å². The van der Waals surface area contributed by atoms with Crippen molar-refractivity contribution >= 4 is 18.0 Å². The van der Waals surface area contributed by atoms with Crippen molar-refractivity contribution in [3.8, 4) is 0 Å². The van der Waals surface area contributed by atoms with Gasteiger partial charge in [-0.1, -0.05) is 0 Å². The number of carboxylic acids is 1. The summed E-state index contributed by atoms with van der Waals surface area (Å²) in [5.41, 5.74) is -0.712. The molecule has 1 saturated heterocycles. The van der Waals surface area contributed by atoms with Crippen molar-refractivity contribution in [1.29, 1.82) is 0 Å². The van der Waals surface area contributed by atoms with Gasteiger partial charge in [-0.3, -0.25) is 4.79 Å². The number of carboxylic acid groups (broad SMARTS) is 1. The van der Waals surface area contributed by atoms with Crippen LogP contribution in [0.5, 0.6) is 0 Å². The van der Waals surface area contributed by atoms with Gasteiger partial charge in [0.2, 0.25) is 5.91 Å². The highest BCUT2D eigenvalue weighted by atomic mass is 16.6. The Morgan fingerprint density at radius 1 is 1.27 bits per heavy atom. The largest absolute Gasteiger partial charge is 0.480 e. The summed E-state index contributed by atoms with van der Waals surface area (Å²) in [5, 5.41) is 11.4. The lowest BCUT2D eigenvalue weighted by atomic mass is 10.1. The molecule has 0 radical (unpaired) electrons. The molecule has 8 nitrogen and oxygen atoms in total. The number of ether oxygens (including phenoxy) is 2. The topological polar surface area (TPSA) is 105 Å². The van der Waals surface area contributed by atoms with E-state index < -0.39 is 23.7 Å². The van der Waals surface area contributed by atoms with Gasteiger partial charge < -0.3 is 24.8 Å². The number of rotatable bonds is 5.